The maximum atomic E-state index is 11.9. The Labute approximate surface area is 233 Å². The third-order valence-electron chi connectivity index (χ3n) is 7.82. The Kier molecular flexibility index (Phi) is 10.9. The second-order valence-corrected chi connectivity index (χ2v) is 10.8. The van der Waals surface area contributed by atoms with E-state index in [0.717, 1.165) is 81.2 Å². The highest BCUT2D eigenvalue weighted by Crippen LogP contribution is 2.33. The van der Waals surface area contributed by atoms with Crippen LogP contribution in [0.4, 0.5) is 5.69 Å². The van der Waals surface area contributed by atoms with Gasteiger partial charge < -0.3 is 20.5 Å². The third-order valence-corrected chi connectivity index (χ3v) is 7.82. The van der Waals surface area contributed by atoms with Gasteiger partial charge >= 0.3 is 0 Å². The van der Waals surface area contributed by atoms with Gasteiger partial charge in [-0.15, -0.1) is 0 Å². The number of nitrogens with two attached hydrogens (primary N) is 1. The summed E-state index contributed by atoms with van der Waals surface area (Å²) in [7, 11) is 1.66. The summed E-state index contributed by atoms with van der Waals surface area (Å²) in [5, 5.41) is 4.99. The zero-order valence-corrected chi connectivity index (χ0v) is 23.8. The van der Waals surface area contributed by atoms with E-state index in [2.05, 4.69) is 36.5 Å². The van der Waals surface area contributed by atoms with Crippen molar-refractivity contribution in [2.24, 2.45) is 11.7 Å². The normalized spacial score (nSPS) is 13.6. The lowest BCUT2D eigenvalue weighted by Gasteiger charge is -2.21. The van der Waals surface area contributed by atoms with Crippen molar-refractivity contribution in [3.05, 3.63) is 59.3 Å². The zero-order valence-electron chi connectivity index (χ0n) is 23.8. The van der Waals surface area contributed by atoms with E-state index in [4.69, 9.17) is 20.2 Å². The van der Waals surface area contributed by atoms with E-state index in [1.165, 1.54) is 35.2 Å². The van der Waals surface area contributed by atoms with Crippen LogP contribution in [0.1, 0.15) is 81.5 Å². The molecule has 0 spiro atoms. The van der Waals surface area contributed by atoms with E-state index in [9.17, 15) is 4.79 Å². The topological polar surface area (TPSA) is 86.5 Å². The molecule has 1 aromatic heterocycles. The van der Waals surface area contributed by atoms with Crippen LogP contribution in [0.3, 0.4) is 0 Å². The molecule has 0 saturated heterocycles. The molecule has 0 saturated carbocycles. The number of hydrogen-bond acceptors (Lipinski definition) is 5. The van der Waals surface area contributed by atoms with Crippen molar-refractivity contribution in [2.45, 2.75) is 84.0 Å². The van der Waals surface area contributed by atoms with E-state index < -0.39 is 0 Å². The number of rotatable bonds is 16. The summed E-state index contributed by atoms with van der Waals surface area (Å²) in [5.74, 6) is 1.09. The molecule has 1 heterocycles. The number of para-hydroxylation sites is 1. The van der Waals surface area contributed by atoms with Crippen molar-refractivity contribution in [3.63, 3.8) is 0 Å². The van der Waals surface area contributed by atoms with Crippen LogP contribution in [-0.2, 0) is 24.1 Å². The van der Waals surface area contributed by atoms with Gasteiger partial charge in [-0.2, -0.15) is 0 Å². The molecule has 2 aromatic carbocycles. The summed E-state index contributed by atoms with van der Waals surface area (Å²) in [5.41, 5.74) is 11.8. The lowest BCUT2D eigenvalue weighted by Crippen LogP contribution is -2.25. The number of unbranched alkanes of at least 4 members (excludes halogenated alkanes) is 4. The van der Waals surface area contributed by atoms with Crippen LogP contribution < -0.4 is 20.5 Å². The largest absolute Gasteiger partial charge is 0.493 e. The molecule has 3 N–H and O–H groups in total. The SMILES string of the molecule is CCCCCC(Cc1ccc(OCCCCCNc2c3c(nc4ccccc24)CCCC3)c(OC)c1)C(N)=O. The first kappa shape index (κ1) is 28.7. The fraction of sp³-hybridized carbons (Fsp3) is 0.515. The first-order valence-corrected chi connectivity index (χ1v) is 14.8. The average molecular weight is 532 g/mol. The van der Waals surface area contributed by atoms with Crippen molar-refractivity contribution in [2.75, 3.05) is 25.6 Å². The van der Waals surface area contributed by atoms with Crippen molar-refractivity contribution < 1.29 is 14.3 Å². The van der Waals surface area contributed by atoms with Crippen LogP contribution in [0.25, 0.3) is 10.9 Å². The van der Waals surface area contributed by atoms with Crippen molar-refractivity contribution >= 4 is 22.5 Å². The highest BCUT2D eigenvalue weighted by Gasteiger charge is 2.18. The molecule has 0 fully saturated rings. The fourth-order valence-electron chi connectivity index (χ4n) is 5.60. The number of nitrogens with zero attached hydrogens (tertiary/aromatic N) is 1. The van der Waals surface area contributed by atoms with Crippen LogP contribution in [0.5, 0.6) is 11.5 Å². The number of aromatic nitrogens is 1. The number of primary amides is 1. The molecule has 0 bridgehead atoms. The first-order chi connectivity index (χ1) is 19.1. The van der Waals surface area contributed by atoms with E-state index in [-0.39, 0.29) is 11.8 Å². The lowest BCUT2D eigenvalue weighted by molar-refractivity contribution is -0.122. The molecule has 1 amide bonds. The Morgan fingerprint density at radius 1 is 1.03 bits per heavy atom. The van der Waals surface area contributed by atoms with E-state index in [1.807, 2.05) is 18.2 Å². The van der Waals surface area contributed by atoms with Gasteiger partial charge in [0, 0.05) is 29.2 Å². The van der Waals surface area contributed by atoms with Gasteiger partial charge in [0.15, 0.2) is 11.5 Å². The van der Waals surface area contributed by atoms with Gasteiger partial charge in [-0.3, -0.25) is 9.78 Å². The number of hydrogen-bond donors (Lipinski definition) is 2. The van der Waals surface area contributed by atoms with E-state index in [0.29, 0.717) is 18.8 Å². The predicted molar refractivity (Wildman–Crippen MR) is 160 cm³/mol. The summed E-state index contributed by atoms with van der Waals surface area (Å²) in [6, 6.07) is 14.4. The minimum atomic E-state index is -0.225. The first-order valence-electron chi connectivity index (χ1n) is 14.8. The number of carbonyl (C=O) groups is 1. The summed E-state index contributed by atoms with van der Waals surface area (Å²) in [6.07, 6.45) is 12.6. The fourth-order valence-corrected chi connectivity index (χ4v) is 5.60. The molecule has 39 heavy (non-hydrogen) atoms. The average Bonchev–Trinajstić information content (AvgIpc) is 2.96. The Morgan fingerprint density at radius 2 is 1.87 bits per heavy atom. The van der Waals surface area contributed by atoms with Crippen LogP contribution in [0.15, 0.2) is 42.5 Å². The Morgan fingerprint density at radius 3 is 2.69 bits per heavy atom. The van der Waals surface area contributed by atoms with Gasteiger partial charge in [0.1, 0.15) is 0 Å². The standard InChI is InChI=1S/C33H45N3O3/c1-3-4-6-13-25(33(34)37)22-24-18-19-30(31(23-24)38-2)39-21-12-5-11-20-35-32-26-14-7-9-16-28(26)36-29-17-10-8-15-27(29)32/h7,9,14,16,18-19,23,25H,3-6,8,10-13,15,17,20-22H2,1-2H3,(H2,34,37)(H,35,36). The minimum Gasteiger partial charge on any atom is -0.493 e. The molecule has 1 unspecified atom stereocenters. The lowest BCUT2D eigenvalue weighted by atomic mass is 9.92. The summed E-state index contributed by atoms with van der Waals surface area (Å²) >= 11 is 0. The van der Waals surface area contributed by atoms with Crippen LogP contribution in [-0.4, -0.2) is 31.2 Å². The predicted octanol–water partition coefficient (Wildman–Crippen LogP) is 7.01. The van der Waals surface area contributed by atoms with Gasteiger partial charge in [0.2, 0.25) is 5.91 Å². The summed E-state index contributed by atoms with van der Waals surface area (Å²) < 4.78 is 11.7. The van der Waals surface area contributed by atoms with Crippen molar-refractivity contribution in [1.82, 2.24) is 4.98 Å². The van der Waals surface area contributed by atoms with Gasteiger partial charge in [-0.05, 0) is 87.1 Å². The second-order valence-electron chi connectivity index (χ2n) is 10.8. The highest BCUT2D eigenvalue weighted by molar-refractivity contribution is 5.93. The maximum absolute atomic E-state index is 11.9. The molecule has 1 atom stereocenters. The van der Waals surface area contributed by atoms with Gasteiger partial charge in [-0.25, -0.2) is 0 Å². The van der Waals surface area contributed by atoms with Crippen LogP contribution in [0.2, 0.25) is 0 Å². The number of aryl methyl sites for hydroxylation is 1. The van der Waals surface area contributed by atoms with E-state index in [1.54, 1.807) is 7.11 Å². The number of amides is 1. The van der Waals surface area contributed by atoms with Gasteiger partial charge in [0.25, 0.3) is 0 Å². The van der Waals surface area contributed by atoms with Crippen LogP contribution in [0, 0.1) is 5.92 Å². The quantitative estimate of drug-likeness (QED) is 0.194. The van der Waals surface area contributed by atoms with Gasteiger partial charge in [0.05, 0.1) is 19.2 Å². The molecule has 6 nitrogen and oxygen atoms in total. The van der Waals surface area contributed by atoms with Crippen LogP contribution >= 0.6 is 0 Å². The molecule has 1 aliphatic carbocycles. The minimum absolute atomic E-state index is 0.141. The number of ether oxygens (including phenoxy) is 2. The zero-order chi connectivity index (χ0) is 27.5. The molecule has 210 valence electrons. The summed E-state index contributed by atoms with van der Waals surface area (Å²) in [6.45, 7) is 3.75. The second kappa shape index (κ2) is 14.8. The molecular weight excluding hydrogens is 486 g/mol. The number of carbonyl (C=O) groups excluding carboxylic acids is 1. The maximum Gasteiger partial charge on any atom is 0.220 e. The molecular formula is C33H45N3O3. The molecule has 4 rings (SSSR count). The monoisotopic (exact) mass is 531 g/mol. The van der Waals surface area contributed by atoms with E-state index >= 15 is 0 Å². The number of pyridine rings is 1. The number of fused-ring (bicyclic) bond motifs is 2. The van der Waals surface area contributed by atoms with Crippen molar-refractivity contribution in [1.29, 1.82) is 0 Å². The molecule has 0 radical (unpaired) electrons. The molecule has 0 aliphatic heterocycles. The van der Waals surface area contributed by atoms with Gasteiger partial charge in [-0.1, -0.05) is 50.5 Å². The smallest absolute Gasteiger partial charge is 0.220 e. The molecule has 3 aromatic rings. The molecule has 1 aliphatic rings. The number of nitrogens with one attached hydrogen (secondary N) is 1. The summed E-state index contributed by atoms with van der Waals surface area (Å²) in [4.78, 5) is 16.9. The third kappa shape index (κ3) is 7.87. The highest BCUT2D eigenvalue weighted by atomic mass is 16.5. The number of methoxy groups -OCH3 is 1. The molecule has 6 heteroatoms. The van der Waals surface area contributed by atoms with Crippen molar-refractivity contribution in [3.8, 4) is 11.5 Å². The Hall–Kier alpha value is -3.28. The number of benzene rings is 2. The number of anilines is 1. The Bertz CT molecular complexity index is 1230. The Balaban J connectivity index is 1.24.